The quantitative estimate of drug-likeness (QED) is 0.478. The summed E-state index contributed by atoms with van der Waals surface area (Å²) in [5.41, 5.74) is 5.19. The monoisotopic (exact) mass is 382 g/mol. The van der Waals surface area contributed by atoms with Crippen molar-refractivity contribution in [3.8, 4) is 0 Å². The second-order valence-corrected chi connectivity index (χ2v) is 7.38. The van der Waals surface area contributed by atoms with Gasteiger partial charge in [0, 0.05) is 6.04 Å². The summed E-state index contributed by atoms with van der Waals surface area (Å²) in [6, 6.07) is 0.811. The van der Waals surface area contributed by atoms with Crippen molar-refractivity contribution in [3.63, 3.8) is 0 Å². The molecule has 0 aromatic heterocycles. The number of hydrogen-bond donors (Lipinski definition) is 2. The average Bonchev–Trinajstić information content (AvgIpc) is 2.41. The van der Waals surface area contributed by atoms with Crippen molar-refractivity contribution < 1.29 is 12.8 Å². The topological polar surface area (TPSA) is 72.2 Å². The van der Waals surface area contributed by atoms with Crippen molar-refractivity contribution in [1.29, 1.82) is 0 Å². The summed E-state index contributed by atoms with van der Waals surface area (Å²) in [6.45, 7) is 0. The summed E-state index contributed by atoms with van der Waals surface area (Å²) in [4.78, 5) is -0.530. The normalized spacial score (nSPS) is 19.2. The number of halogens is 3. The van der Waals surface area contributed by atoms with Crippen molar-refractivity contribution in [3.05, 3.63) is 33.5 Å². The lowest BCUT2D eigenvalue weighted by Crippen LogP contribution is -2.35. The van der Waals surface area contributed by atoms with Crippen LogP contribution in [0.4, 0.5) is 10.1 Å². The molecular formula is C12H13BrClFN2O2S. The van der Waals surface area contributed by atoms with Crippen LogP contribution in [0.3, 0.4) is 0 Å². The van der Waals surface area contributed by atoms with Gasteiger partial charge in [0.25, 0.3) is 0 Å². The molecule has 0 aliphatic heterocycles. The van der Waals surface area contributed by atoms with Crippen LogP contribution in [0.2, 0.25) is 5.02 Å². The van der Waals surface area contributed by atoms with E-state index in [1.54, 1.807) is 0 Å². The lowest BCUT2D eigenvalue weighted by atomic mass is 10.0. The number of allylic oxidation sites excluding steroid dienone is 1. The fourth-order valence-corrected chi connectivity index (χ4v) is 3.94. The Hall–Kier alpha value is -0.630. The zero-order chi connectivity index (χ0) is 14.9. The van der Waals surface area contributed by atoms with Crippen LogP contribution in [-0.4, -0.2) is 14.5 Å². The van der Waals surface area contributed by atoms with Gasteiger partial charge in [-0.1, -0.05) is 23.8 Å². The van der Waals surface area contributed by atoms with Crippen LogP contribution in [0.15, 0.2) is 27.6 Å². The molecule has 0 saturated carbocycles. The van der Waals surface area contributed by atoms with Crippen LogP contribution in [0, 0.1) is 5.82 Å². The van der Waals surface area contributed by atoms with Gasteiger partial charge in [0.05, 0.1) is 15.2 Å². The van der Waals surface area contributed by atoms with Gasteiger partial charge in [-0.3, -0.25) is 0 Å². The van der Waals surface area contributed by atoms with Gasteiger partial charge < -0.3 is 5.73 Å². The van der Waals surface area contributed by atoms with E-state index in [2.05, 4.69) is 20.7 Å². The lowest BCUT2D eigenvalue weighted by Gasteiger charge is -2.20. The molecule has 0 bridgehead atoms. The molecule has 0 amide bonds. The summed E-state index contributed by atoms with van der Waals surface area (Å²) in [7, 11) is -4.00. The minimum atomic E-state index is -4.00. The maximum Gasteiger partial charge on any atom is 0.243 e. The van der Waals surface area contributed by atoms with Crippen LogP contribution < -0.4 is 10.5 Å². The molecule has 110 valence electrons. The molecule has 8 heteroatoms. The third kappa shape index (κ3) is 3.16. The number of rotatable bonds is 3. The van der Waals surface area contributed by atoms with Crippen molar-refractivity contribution in [1.82, 2.24) is 4.72 Å². The Kier molecular flexibility index (Phi) is 4.73. The summed E-state index contributed by atoms with van der Waals surface area (Å²) in [6.07, 6.45) is 5.94. The zero-order valence-corrected chi connectivity index (χ0v) is 13.5. The number of benzene rings is 1. The minimum Gasteiger partial charge on any atom is -0.395 e. The maximum absolute atomic E-state index is 14.0. The molecule has 1 unspecified atom stereocenters. The van der Waals surface area contributed by atoms with E-state index in [-0.39, 0.29) is 21.2 Å². The van der Waals surface area contributed by atoms with Crippen LogP contribution in [-0.2, 0) is 10.0 Å². The van der Waals surface area contributed by atoms with Crippen molar-refractivity contribution in [2.45, 2.75) is 30.2 Å². The van der Waals surface area contributed by atoms with Gasteiger partial charge in [-0.25, -0.2) is 17.5 Å². The summed E-state index contributed by atoms with van der Waals surface area (Å²) in [5.74, 6) is -1.000. The summed E-state index contributed by atoms with van der Waals surface area (Å²) in [5, 5.41) is 0.0489. The largest absolute Gasteiger partial charge is 0.395 e. The van der Waals surface area contributed by atoms with E-state index in [9.17, 15) is 12.8 Å². The van der Waals surface area contributed by atoms with Crippen molar-refractivity contribution in [2.75, 3.05) is 5.73 Å². The Labute approximate surface area is 130 Å². The van der Waals surface area contributed by atoms with Gasteiger partial charge in [-0.05, 0) is 41.3 Å². The van der Waals surface area contributed by atoms with E-state index < -0.39 is 20.7 Å². The van der Waals surface area contributed by atoms with E-state index in [0.717, 1.165) is 12.5 Å². The molecule has 2 rings (SSSR count). The number of anilines is 1. The highest BCUT2D eigenvalue weighted by Crippen LogP contribution is 2.34. The molecule has 4 nitrogen and oxygen atoms in total. The fraction of sp³-hybridized carbons (Fsp3) is 0.333. The Morgan fingerprint density at radius 2 is 2.15 bits per heavy atom. The molecular weight excluding hydrogens is 371 g/mol. The minimum absolute atomic E-state index is 0.0489. The second-order valence-electron chi connectivity index (χ2n) is 4.50. The smallest absolute Gasteiger partial charge is 0.243 e. The number of nitrogens with one attached hydrogen (secondary N) is 1. The highest BCUT2D eigenvalue weighted by molar-refractivity contribution is 9.10. The van der Waals surface area contributed by atoms with Crippen LogP contribution >= 0.6 is 27.5 Å². The van der Waals surface area contributed by atoms with Gasteiger partial charge >= 0.3 is 0 Å². The third-order valence-corrected chi connectivity index (χ3v) is 5.94. The van der Waals surface area contributed by atoms with Crippen molar-refractivity contribution >= 4 is 43.2 Å². The molecule has 1 aromatic carbocycles. The first kappa shape index (κ1) is 15.8. The third-order valence-electron chi connectivity index (χ3n) is 3.04. The Balaban J connectivity index is 2.37. The molecule has 0 fully saturated rings. The van der Waals surface area contributed by atoms with E-state index in [1.165, 1.54) is 0 Å². The highest BCUT2D eigenvalue weighted by atomic mass is 79.9. The molecule has 20 heavy (non-hydrogen) atoms. The lowest BCUT2D eigenvalue weighted by molar-refractivity contribution is 0.514. The molecule has 0 saturated heterocycles. The predicted molar refractivity (Wildman–Crippen MR) is 80.6 cm³/mol. The standard InChI is InChI=1S/C12H13BrClFN2O2S/c13-10-8(14)6-9(11(15)12(10)16)20(18,19)17-7-4-2-1-3-5-7/h1-2,6-7,17H,3-5,16H2. The molecule has 1 aliphatic carbocycles. The number of nitrogen functional groups attached to an aromatic ring is 1. The van der Waals surface area contributed by atoms with E-state index in [1.807, 2.05) is 12.2 Å². The van der Waals surface area contributed by atoms with Gasteiger partial charge in [0.15, 0.2) is 5.82 Å². The molecule has 1 aliphatic rings. The summed E-state index contributed by atoms with van der Waals surface area (Å²) < 4.78 is 41.1. The molecule has 3 N–H and O–H groups in total. The summed E-state index contributed by atoms with van der Waals surface area (Å²) >= 11 is 8.85. The first-order valence-corrected chi connectivity index (χ1v) is 8.58. The Morgan fingerprint density at radius 3 is 2.75 bits per heavy atom. The SMILES string of the molecule is Nc1c(F)c(S(=O)(=O)NC2CC=CCC2)cc(Cl)c1Br. The van der Waals surface area contributed by atoms with E-state index >= 15 is 0 Å². The van der Waals surface area contributed by atoms with Gasteiger partial charge in [0.2, 0.25) is 10.0 Å². The Morgan fingerprint density at radius 1 is 1.45 bits per heavy atom. The van der Waals surface area contributed by atoms with Crippen LogP contribution in [0.25, 0.3) is 0 Å². The molecule has 0 heterocycles. The Bertz CT molecular complexity index is 664. The van der Waals surface area contributed by atoms with Gasteiger partial charge in [-0.15, -0.1) is 0 Å². The van der Waals surface area contributed by atoms with Crippen LogP contribution in [0.1, 0.15) is 19.3 Å². The number of nitrogens with two attached hydrogens (primary N) is 1. The van der Waals surface area contributed by atoms with Crippen molar-refractivity contribution in [2.24, 2.45) is 0 Å². The highest BCUT2D eigenvalue weighted by Gasteiger charge is 2.26. The molecule has 1 atom stereocenters. The molecule has 0 radical (unpaired) electrons. The van der Waals surface area contributed by atoms with Crippen LogP contribution in [0.5, 0.6) is 0 Å². The number of sulfonamides is 1. The zero-order valence-electron chi connectivity index (χ0n) is 10.4. The maximum atomic E-state index is 14.0. The first-order chi connectivity index (χ1) is 9.33. The molecule has 1 aromatic rings. The number of hydrogen-bond acceptors (Lipinski definition) is 3. The second kappa shape index (κ2) is 6.01. The fourth-order valence-electron chi connectivity index (χ4n) is 1.98. The predicted octanol–water partition coefficient (Wildman–Crippen LogP) is 3.21. The van der Waals surface area contributed by atoms with Gasteiger partial charge in [0.1, 0.15) is 4.90 Å². The van der Waals surface area contributed by atoms with E-state index in [4.69, 9.17) is 17.3 Å². The average molecular weight is 384 g/mol. The van der Waals surface area contributed by atoms with Gasteiger partial charge in [-0.2, -0.15) is 0 Å². The van der Waals surface area contributed by atoms with E-state index in [0.29, 0.717) is 12.8 Å². The first-order valence-electron chi connectivity index (χ1n) is 5.93. The molecule has 0 spiro atoms.